The molecule has 3 heterocycles. The number of hydrogen-bond acceptors (Lipinski definition) is 6. The Morgan fingerprint density at radius 3 is 2.42 bits per heavy atom. The van der Waals surface area contributed by atoms with Crippen molar-refractivity contribution in [2.45, 2.75) is 77.8 Å². The molecule has 13 heteroatoms. The van der Waals surface area contributed by atoms with E-state index in [1.807, 2.05) is 45.9 Å². The quantitative estimate of drug-likeness (QED) is 0.128. The second kappa shape index (κ2) is 15.6. The Bertz CT molecular complexity index is 1670. The van der Waals surface area contributed by atoms with Crippen LogP contribution in [-0.4, -0.2) is 59.2 Å². The SMILES string of the molecule is COC(=O)C[C@H](NC(=O)C(CC(C)C)n1cc(CCN2CC[C@@H](F)C2)c(C(F)(F)F)cc1=O)c1cc(-c2c(C)cccc2C)cc(Cl)n1. The number of hydrogen-bond donors (Lipinski definition) is 1. The summed E-state index contributed by atoms with van der Waals surface area (Å²) in [6.07, 6.45) is -4.77. The Labute approximate surface area is 282 Å². The van der Waals surface area contributed by atoms with Gasteiger partial charge in [0, 0.05) is 31.9 Å². The van der Waals surface area contributed by atoms with Crippen LogP contribution in [0.25, 0.3) is 11.1 Å². The fraction of sp³-hybridized carbons (Fsp3) is 0.486. The first-order chi connectivity index (χ1) is 22.6. The van der Waals surface area contributed by atoms with Crippen LogP contribution in [0.2, 0.25) is 5.15 Å². The standard InChI is InChI=1S/C35H41ClF4N4O4/c1-20(2)13-29(44-18-23(9-11-43-12-10-25(37)19-43)26(16-31(44)45)35(38,39)40)34(47)42-28(17-32(46)48-5)27-14-24(15-30(36)41-27)33-21(3)7-6-8-22(33)4/h6-8,14-16,18,20,25,28-29H,9-13,17,19H2,1-5H3,(H,42,47)/t25-,28+,29?/m1/s1. The third kappa shape index (κ3) is 9.22. The second-order valence-electron chi connectivity index (χ2n) is 12.7. The maximum absolute atomic E-state index is 14.1. The molecular formula is C35H41ClF4N4O4. The maximum Gasteiger partial charge on any atom is 0.416 e. The number of rotatable bonds is 12. The van der Waals surface area contributed by atoms with Gasteiger partial charge in [-0.1, -0.05) is 43.6 Å². The number of nitrogens with zero attached hydrogens (tertiary/aromatic N) is 3. The van der Waals surface area contributed by atoms with Crippen molar-refractivity contribution in [3.8, 4) is 11.1 Å². The summed E-state index contributed by atoms with van der Waals surface area (Å²) < 4.78 is 61.9. The van der Waals surface area contributed by atoms with E-state index in [1.54, 1.807) is 17.0 Å². The average Bonchev–Trinajstić information content (AvgIpc) is 3.42. The van der Waals surface area contributed by atoms with Crippen LogP contribution in [0, 0.1) is 19.8 Å². The monoisotopic (exact) mass is 692 g/mol. The van der Waals surface area contributed by atoms with Gasteiger partial charge in [-0.3, -0.25) is 14.4 Å². The Balaban J connectivity index is 1.74. The van der Waals surface area contributed by atoms with Crippen LogP contribution in [0.1, 0.15) is 73.1 Å². The van der Waals surface area contributed by atoms with E-state index >= 15 is 0 Å². The van der Waals surface area contributed by atoms with E-state index in [1.165, 1.54) is 7.11 Å². The van der Waals surface area contributed by atoms with Gasteiger partial charge in [0.15, 0.2) is 0 Å². The van der Waals surface area contributed by atoms with E-state index in [-0.39, 0.29) is 54.7 Å². The molecule has 3 aromatic rings. The number of ether oxygens (including phenoxy) is 1. The van der Waals surface area contributed by atoms with E-state index < -0.39 is 47.4 Å². The molecule has 1 amide bonds. The van der Waals surface area contributed by atoms with Crippen molar-refractivity contribution in [3.63, 3.8) is 0 Å². The summed E-state index contributed by atoms with van der Waals surface area (Å²) in [6.45, 7) is 8.23. The second-order valence-corrected chi connectivity index (χ2v) is 13.1. The molecule has 8 nitrogen and oxygen atoms in total. The Kier molecular flexibility index (Phi) is 12.1. The van der Waals surface area contributed by atoms with Gasteiger partial charge in [-0.05, 0) is 79.0 Å². The van der Waals surface area contributed by atoms with Crippen molar-refractivity contribution in [2.24, 2.45) is 5.92 Å². The van der Waals surface area contributed by atoms with Crippen molar-refractivity contribution in [2.75, 3.05) is 26.7 Å². The predicted octanol–water partition coefficient (Wildman–Crippen LogP) is 6.79. The number of benzene rings is 1. The summed E-state index contributed by atoms with van der Waals surface area (Å²) in [5.41, 5.74) is 1.56. The van der Waals surface area contributed by atoms with E-state index in [0.717, 1.165) is 27.5 Å². The molecule has 1 aromatic carbocycles. The Morgan fingerprint density at radius 1 is 1.15 bits per heavy atom. The van der Waals surface area contributed by atoms with E-state index in [2.05, 4.69) is 10.3 Å². The summed E-state index contributed by atoms with van der Waals surface area (Å²) in [4.78, 5) is 46.0. The number of halogens is 5. The minimum absolute atomic E-state index is 0.101. The third-order valence-electron chi connectivity index (χ3n) is 8.57. The van der Waals surface area contributed by atoms with Gasteiger partial charge >= 0.3 is 12.1 Å². The fourth-order valence-corrected chi connectivity index (χ4v) is 6.43. The molecular weight excluding hydrogens is 652 g/mol. The minimum atomic E-state index is -4.81. The number of carbonyl (C=O) groups excluding carboxylic acids is 2. The van der Waals surface area contributed by atoms with Crippen molar-refractivity contribution < 1.29 is 31.9 Å². The topological polar surface area (TPSA) is 93.5 Å². The van der Waals surface area contributed by atoms with Gasteiger partial charge in [-0.15, -0.1) is 0 Å². The van der Waals surface area contributed by atoms with Gasteiger partial charge in [0.25, 0.3) is 5.56 Å². The number of methoxy groups -OCH3 is 1. The smallest absolute Gasteiger partial charge is 0.416 e. The number of pyridine rings is 2. The normalized spacial score (nSPS) is 16.6. The lowest BCUT2D eigenvalue weighted by Crippen LogP contribution is -2.41. The molecule has 1 aliphatic heterocycles. The molecule has 0 spiro atoms. The molecule has 0 aliphatic carbocycles. The molecule has 1 N–H and O–H groups in total. The fourth-order valence-electron chi connectivity index (χ4n) is 6.22. The molecule has 1 unspecified atom stereocenters. The third-order valence-corrected chi connectivity index (χ3v) is 8.76. The molecule has 3 atom stereocenters. The van der Waals surface area contributed by atoms with Crippen LogP contribution in [0.5, 0.6) is 0 Å². The molecule has 4 rings (SSSR count). The zero-order valence-corrected chi connectivity index (χ0v) is 28.4. The lowest BCUT2D eigenvalue weighted by atomic mass is 9.95. The highest BCUT2D eigenvalue weighted by molar-refractivity contribution is 6.29. The number of carbonyl (C=O) groups is 2. The highest BCUT2D eigenvalue weighted by Crippen LogP contribution is 2.34. The van der Waals surface area contributed by atoms with Crippen molar-refractivity contribution in [3.05, 3.63) is 86.0 Å². The first-order valence-corrected chi connectivity index (χ1v) is 16.2. The molecule has 0 saturated carbocycles. The van der Waals surface area contributed by atoms with Crippen LogP contribution in [0.4, 0.5) is 17.6 Å². The lowest BCUT2D eigenvalue weighted by Gasteiger charge is -2.26. The first-order valence-electron chi connectivity index (χ1n) is 15.9. The number of alkyl halides is 4. The summed E-state index contributed by atoms with van der Waals surface area (Å²) in [6, 6.07) is 7.45. The van der Waals surface area contributed by atoms with Gasteiger partial charge in [0.05, 0.1) is 30.8 Å². The van der Waals surface area contributed by atoms with Gasteiger partial charge < -0.3 is 19.5 Å². The number of nitrogens with one attached hydrogen (secondary N) is 1. The summed E-state index contributed by atoms with van der Waals surface area (Å²) in [7, 11) is 1.20. The van der Waals surface area contributed by atoms with E-state index in [0.29, 0.717) is 24.6 Å². The highest BCUT2D eigenvalue weighted by Gasteiger charge is 2.36. The number of aryl methyl sites for hydroxylation is 2. The molecule has 48 heavy (non-hydrogen) atoms. The van der Waals surface area contributed by atoms with Crippen LogP contribution in [0.15, 0.2) is 47.4 Å². The Hall–Kier alpha value is -3.77. The zero-order chi connectivity index (χ0) is 35.3. The lowest BCUT2D eigenvalue weighted by molar-refractivity contribution is -0.141. The Morgan fingerprint density at radius 2 is 1.83 bits per heavy atom. The number of esters is 1. The molecule has 1 aliphatic rings. The molecule has 0 radical (unpaired) electrons. The summed E-state index contributed by atoms with van der Waals surface area (Å²) in [5, 5.41) is 2.94. The molecule has 1 saturated heterocycles. The average molecular weight is 693 g/mol. The highest BCUT2D eigenvalue weighted by atomic mass is 35.5. The maximum atomic E-state index is 14.1. The van der Waals surface area contributed by atoms with Crippen LogP contribution < -0.4 is 10.9 Å². The summed E-state index contributed by atoms with van der Waals surface area (Å²) >= 11 is 6.46. The minimum Gasteiger partial charge on any atom is -0.469 e. The molecule has 0 bridgehead atoms. The molecule has 260 valence electrons. The van der Waals surface area contributed by atoms with Gasteiger partial charge in [-0.25, -0.2) is 9.37 Å². The van der Waals surface area contributed by atoms with Crippen LogP contribution in [0.3, 0.4) is 0 Å². The largest absolute Gasteiger partial charge is 0.469 e. The molecule has 2 aromatic heterocycles. The van der Waals surface area contributed by atoms with Gasteiger partial charge in [0.1, 0.15) is 17.4 Å². The van der Waals surface area contributed by atoms with Crippen molar-refractivity contribution >= 4 is 23.5 Å². The van der Waals surface area contributed by atoms with E-state index in [4.69, 9.17) is 16.3 Å². The number of aromatic nitrogens is 2. The predicted molar refractivity (Wildman–Crippen MR) is 176 cm³/mol. The van der Waals surface area contributed by atoms with E-state index in [9.17, 15) is 31.9 Å². The van der Waals surface area contributed by atoms with Gasteiger partial charge in [-0.2, -0.15) is 13.2 Å². The van der Waals surface area contributed by atoms with Crippen molar-refractivity contribution in [1.82, 2.24) is 19.8 Å². The summed E-state index contributed by atoms with van der Waals surface area (Å²) in [5.74, 6) is -1.49. The van der Waals surface area contributed by atoms with Crippen LogP contribution in [-0.2, 0) is 26.9 Å². The zero-order valence-electron chi connectivity index (χ0n) is 27.7. The first kappa shape index (κ1) is 37.1. The number of amides is 1. The molecule has 1 fully saturated rings. The van der Waals surface area contributed by atoms with Crippen molar-refractivity contribution in [1.29, 1.82) is 0 Å². The van der Waals surface area contributed by atoms with Crippen LogP contribution >= 0.6 is 11.6 Å². The van der Waals surface area contributed by atoms with Gasteiger partial charge in [0.2, 0.25) is 5.91 Å². The number of likely N-dealkylation sites (tertiary alicyclic amines) is 1.